The van der Waals surface area contributed by atoms with Crippen LogP contribution in [0.25, 0.3) is 0 Å². The van der Waals surface area contributed by atoms with Crippen LogP contribution in [0, 0.1) is 5.41 Å². The van der Waals surface area contributed by atoms with Crippen molar-refractivity contribution in [2.75, 3.05) is 0 Å². The number of halogens is 1. The number of hydrogen-bond donors (Lipinski definition) is 1. The lowest BCUT2D eigenvalue weighted by atomic mass is 9.42. The highest BCUT2D eigenvalue weighted by molar-refractivity contribution is 5.87. The summed E-state index contributed by atoms with van der Waals surface area (Å²) in [6.07, 6.45) is 1.37. The van der Waals surface area contributed by atoms with Crippen molar-refractivity contribution in [3.8, 4) is 0 Å². The third-order valence-electron chi connectivity index (χ3n) is 2.87. The highest BCUT2D eigenvalue weighted by Gasteiger charge is 2.72. The number of amides is 1. The van der Waals surface area contributed by atoms with Crippen molar-refractivity contribution in [2.45, 2.75) is 44.8 Å². The first-order chi connectivity index (χ1) is 5.46. The van der Waals surface area contributed by atoms with E-state index in [-0.39, 0.29) is 17.4 Å². The van der Waals surface area contributed by atoms with Gasteiger partial charge in [0.2, 0.25) is 5.91 Å². The molecular formula is C9H14FNO. The van der Waals surface area contributed by atoms with E-state index in [4.69, 9.17) is 0 Å². The highest BCUT2D eigenvalue weighted by Crippen LogP contribution is 2.69. The zero-order chi connectivity index (χ0) is 8.98. The molecule has 0 aromatic heterocycles. The van der Waals surface area contributed by atoms with Gasteiger partial charge in [0, 0.05) is 6.04 Å². The predicted molar refractivity (Wildman–Crippen MR) is 43.4 cm³/mol. The molecule has 0 aromatic rings. The normalized spacial score (nSPS) is 43.3. The first-order valence-electron chi connectivity index (χ1n) is 4.46. The summed E-state index contributed by atoms with van der Waals surface area (Å²) in [7, 11) is 0. The molecule has 0 heterocycles. The van der Waals surface area contributed by atoms with Crippen molar-refractivity contribution < 1.29 is 9.18 Å². The smallest absolute Gasteiger partial charge is 0.226 e. The standard InChI is InChI=1S/C9H14FNO/c1-6(2)11-7(12)8-3-9(10,4-8)5-8/h6H,3-5H2,1-2H3,(H,11,12). The number of carbonyl (C=O) groups is 1. The van der Waals surface area contributed by atoms with E-state index in [9.17, 15) is 9.18 Å². The van der Waals surface area contributed by atoms with Gasteiger partial charge in [-0.2, -0.15) is 0 Å². The second-order valence-corrected chi connectivity index (χ2v) is 4.59. The van der Waals surface area contributed by atoms with Gasteiger partial charge in [-0.15, -0.1) is 0 Å². The van der Waals surface area contributed by atoms with Gasteiger partial charge in [0.25, 0.3) is 0 Å². The molecule has 1 amide bonds. The van der Waals surface area contributed by atoms with E-state index < -0.39 is 5.67 Å². The maximum absolute atomic E-state index is 13.0. The zero-order valence-electron chi connectivity index (χ0n) is 7.48. The molecule has 68 valence electrons. The highest BCUT2D eigenvalue weighted by atomic mass is 19.1. The van der Waals surface area contributed by atoms with E-state index in [0.717, 1.165) is 0 Å². The van der Waals surface area contributed by atoms with Crippen molar-refractivity contribution in [1.82, 2.24) is 5.32 Å². The maximum Gasteiger partial charge on any atom is 0.226 e. The third-order valence-corrected chi connectivity index (χ3v) is 2.87. The summed E-state index contributed by atoms with van der Waals surface area (Å²) in [5.41, 5.74) is -1.27. The van der Waals surface area contributed by atoms with Crippen molar-refractivity contribution in [2.24, 2.45) is 5.41 Å². The second kappa shape index (κ2) is 2.01. The SMILES string of the molecule is CC(C)NC(=O)C12CC(F)(C1)C2. The maximum atomic E-state index is 13.0. The first-order valence-corrected chi connectivity index (χ1v) is 4.46. The molecule has 2 nitrogen and oxygen atoms in total. The van der Waals surface area contributed by atoms with Gasteiger partial charge in [0.1, 0.15) is 5.67 Å². The molecule has 3 aliphatic carbocycles. The van der Waals surface area contributed by atoms with E-state index in [1.807, 2.05) is 13.8 Å². The number of hydrogen-bond acceptors (Lipinski definition) is 1. The van der Waals surface area contributed by atoms with Crippen LogP contribution in [0.1, 0.15) is 33.1 Å². The molecule has 12 heavy (non-hydrogen) atoms. The van der Waals surface area contributed by atoms with Crippen LogP contribution in [0.2, 0.25) is 0 Å². The van der Waals surface area contributed by atoms with Crippen LogP contribution in [0.4, 0.5) is 4.39 Å². The number of nitrogens with one attached hydrogen (secondary N) is 1. The zero-order valence-corrected chi connectivity index (χ0v) is 7.48. The average molecular weight is 171 g/mol. The van der Waals surface area contributed by atoms with Gasteiger partial charge in [0.15, 0.2) is 0 Å². The Kier molecular flexibility index (Phi) is 1.34. The molecule has 0 atom stereocenters. The summed E-state index contributed by atoms with van der Waals surface area (Å²) in [5.74, 6) is 0.0528. The van der Waals surface area contributed by atoms with Gasteiger partial charge in [-0.1, -0.05) is 0 Å². The largest absolute Gasteiger partial charge is 0.353 e. The topological polar surface area (TPSA) is 29.1 Å². The molecule has 0 radical (unpaired) electrons. The summed E-state index contributed by atoms with van der Waals surface area (Å²) < 4.78 is 13.0. The second-order valence-electron chi connectivity index (χ2n) is 4.59. The Morgan fingerprint density at radius 2 is 1.92 bits per heavy atom. The molecule has 3 saturated carbocycles. The Morgan fingerprint density at radius 3 is 2.25 bits per heavy atom. The number of alkyl halides is 1. The molecule has 3 fully saturated rings. The molecule has 0 saturated heterocycles. The number of carbonyl (C=O) groups excluding carboxylic acids is 1. The number of rotatable bonds is 2. The Bertz CT molecular complexity index is 217. The summed E-state index contributed by atoms with van der Waals surface area (Å²) in [4.78, 5) is 11.5. The van der Waals surface area contributed by atoms with Crippen LogP contribution < -0.4 is 5.32 Å². The van der Waals surface area contributed by atoms with Crippen molar-refractivity contribution in [1.29, 1.82) is 0 Å². The van der Waals surface area contributed by atoms with Gasteiger partial charge in [-0.3, -0.25) is 4.79 Å². The Labute approximate surface area is 71.5 Å². The fourth-order valence-corrected chi connectivity index (χ4v) is 2.32. The van der Waals surface area contributed by atoms with E-state index in [1.165, 1.54) is 0 Å². The Morgan fingerprint density at radius 1 is 1.42 bits per heavy atom. The Hall–Kier alpha value is -0.600. The lowest BCUT2D eigenvalue weighted by molar-refractivity contribution is -0.214. The van der Waals surface area contributed by atoms with Crippen molar-refractivity contribution in [3.63, 3.8) is 0 Å². The van der Waals surface area contributed by atoms with E-state index in [2.05, 4.69) is 5.32 Å². The van der Waals surface area contributed by atoms with Gasteiger partial charge in [-0.25, -0.2) is 4.39 Å². The minimum absolute atomic E-state index is 0.0528. The lowest BCUT2D eigenvalue weighted by Gasteiger charge is -2.64. The monoisotopic (exact) mass is 171 g/mol. The van der Waals surface area contributed by atoms with Crippen LogP contribution >= 0.6 is 0 Å². The first kappa shape index (κ1) is 8.02. The van der Waals surface area contributed by atoms with Gasteiger partial charge >= 0.3 is 0 Å². The molecule has 3 rings (SSSR count). The molecular weight excluding hydrogens is 157 g/mol. The molecule has 0 unspecified atom stereocenters. The molecule has 2 bridgehead atoms. The van der Waals surface area contributed by atoms with Gasteiger partial charge < -0.3 is 5.32 Å². The van der Waals surface area contributed by atoms with Crippen LogP contribution in [-0.4, -0.2) is 17.6 Å². The minimum Gasteiger partial charge on any atom is -0.353 e. The fraction of sp³-hybridized carbons (Fsp3) is 0.889. The quantitative estimate of drug-likeness (QED) is 0.668. The van der Waals surface area contributed by atoms with Gasteiger partial charge in [-0.05, 0) is 33.1 Å². The van der Waals surface area contributed by atoms with Crippen LogP contribution in [0.3, 0.4) is 0 Å². The van der Waals surface area contributed by atoms with Crippen LogP contribution in [0.5, 0.6) is 0 Å². The fourth-order valence-electron chi connectivity index (χ4n) is 2.32. The van der Waals surface area contributed by atoms with Gasteiger partial charge in [0.05, 0.1) is 5.41 Å². The third kappa shape index (κ3) is 0.883. The summed E-state index contributed by atoms with van der Waals surface area (Å²) in [6, 6.07) is 0.169. The lowest BCUT2D eigenvalue weighted by Crippen LogP contribution is -2.70. The molecule has 1 N–H and O–H groups in total. The van der Waals surface area contributed by atoms with Crippen LogP contribution in [0.15, 0.2) is 0 Å². The summed E-state index contributed by atoms with van der Waals surface area (Å²) in [6.45, 7) is 3.85. The van der Waals surface area contributed by atoms with E-state index >= 15 is 0 Å². The summed E-state index contributed by atoms with van der Waals surface area (Å²) in [5, 5.41) is 2.83. The molecule has 0 aliphatic heterocycles. The van der Waals surface area contributed by atoms with E-state index in [1.54, 1.807) is 0 Å². The molecule has 3 heteroatoms. The van der Waals surface area contributed by atoms with Crippen LogP contribution in [-0.2, 0) is 4.79 Å². The predicted octanol–water partition coefficient (Wildman–Crippen LogP) is 1.40. The summed E-state index contributed by atoms with van der Waals surface area (Å²) >= 11 is 0. The van der Waals surface area contributed by atoms with E-state index in [0.29, 0.717) is 19.3 Å². The molecule has 0 spiro atoms. The Balaban J connectivity index is 1.91. The van der Waals surface area contributed by atoms with Crippen molar-refractivity contribution in [3.05, 3.63) is 0 Å². The molecule has 3 aliphatic rings. The van der Waals surface area contributed by atoms with Crippen molar-refractivity contribution >= 4 is 5.91 Å². The minimum atomic E-state index is -0.964. The molecule has 0 aromatic carbocycles. The average Bonchev–Trinajstić information content (AvgIpc) is 1.76.